The molecule has 1 saturated heterocycles. The number of amides is 1. The summed E-state index contributed by atoms with van der Waals surface area (Å²) >= 11 is 12.0. The van der Waals surface area contributed by atoms with Crippen molar-refractivity contribution in [1.29, 1.82) is 0 Å². The smallest absolute Gasteiger partial charge is 0.227 e. The van der Waals surface area contributed by atoms with Gasteiger partial charge in [-0.05, 0) is 50.0 Å². The average Bonchev–Trinajstić information content (AvgIpc) is 2.42. The van der Waals surface area contributed by atoms with Crippen molar-refractivity contribution in [1.82, 2.24) is 10.2 Å². The van der Waals surface area contributed by atoms with Crippen molar-refractivity contribution >= 4 is 29.1 Å². The van der Waals surface area contributed by atoms with Gasteiger partial charge >= 0.3 is 0 Å². The maximum Gasteiger partial charge on any atom is 0.227 e. The first kappa shape index (κ1) is 15.6. The van der Waals surface area contributed by atoms with E-state index in [0.717, 1.165) is 31.6 Å². The van der Waals surface area contributed by atoms with Gasteiger partial charge in [-0.2, -0.15) is 0 Å². The number of carbonyl (C=O) groups excluding carboxylic acids is 1. The quantitative estimate of drug-likeness (QED) is 0.926. The molecule has 5 heteroatoms. The Bertz CT molecular complexity index is 477. The molecule has 0 aromatic heterocycles. The molecule has 3 nitrogen and oxygen atoms in total. The van der Waals surface area contributed by atoms with E-state index in [4.69, 9.17) is 23.2 Å². The van der Waals surface area contributed by atoms with Crippen LogP contribution in [0.3, 0.4) is 0 Å². The lowest BCUT2D eigenvalue weighted by molar-refractivity contribution is -0.132. The Kier molecular flexibility index (Phi) is 5.70. The highest BCUT2D eigenvalue weighted by molar-refractivity contribution is 6.35. The molecule has 0 saturated carbocycles. The molecule has 1 amide bonds. The molecular weight excluding hydrogens is 295 g/mol. The minimum Gasteiger partial charge on any atom is -0.342 e. The van der Waals surface area contributed by atoms with E-state index in [2.05, 4.69) is 5.32 Å². The van der Waals surface area contributed by atoms with Crippen LogP contribution in [-0.4, -0.2) is 37.5 Å². The van der Waals surface area contributed by atoms with Crippen LogP contribution in [0.5, 0.6) is 0 Å². The highest BCUT2D eigenvalue weighted by atomic mass is 35.5. The van der Waals surface area contributed by atoms with E-state index in [0.29, 0.717) is 22.4 Å². The van der Waals surface area contributed by atoms with Crippen molar-refractivity contribution in [2.75, 3.05) is 26.7 Å². The highest BCUT2D eigenvalue weighted by Gasteiger charge is 2.23. The summed E-state index contributed by atoms with van der Waals surface area (Å²) in [4.78, 5) is 14.3. The Morgan fingerprint density at radius 2 is 2.25 bits per heavy atom. The Morgan fingerprint density at radius 1 is 1.45 bits per heavy atom. The van der Waals surface area contributed by atoms with Crippen LogP contribution in [0.1, 0.15) is 18.4 Å². The number of piperidine rings is 1. The maximum absolute atomic E-state index is 12.4. The van der Waals surface area contributed by atoms with E-state index in [1.807, 2.05) is 18.0 Å². The Labute approximate surface area is 130 Å². The van der Waals surface area contributed by atoms with Gasteiger partial charge in [-0.15, -0.1) is 0 Å². The zero-order chi connectivity index (χ0) is 14.5. The van der Waals surface area contributed by atoms with Crippen LogP contribution < -0.4 is 5.32 Å². The molecule has 0 bridgehead atoms. The number of hydrogen-bond acceptors (Lipinski definition) is 2. The van der Waals surface area contributed by atoms with Crippen LogP contribution in [0.15, 0.2) is 18.2 Å². The SMILES string of the molecule is CNC[C@H]1CCCN(C(=O)Cc2ccc(Cl)cc2Cl)C1. The fourth-order valence-electron chi connectivity index (χ4n) is 2.69. The number of rotatable bonds is 4. The first-order valence-corrected chi connectivity index (χ1v) is 7.72. The molecule has 20 heavy (non-hydrogen) atoms. The Hall–Kier alpha value is -0.770. The number of benzene rings is 1. The van der Waals surface area contributed by atoms with E-state index in [1.165, 1.54) is 6.42 Å². The van der Waals surface area contributed by atoms with Gasteiger partial charge in [0.25, 0.3) is 0 Å². The van der Waals surface area contributed by atoms with Gasteiger partial charge in [0.15, 0.2) is 0 Å². The fraction of sp³-hybridized carbons (Fsp3) is 0.533. The van der Waals surface area contributed by atoms with Gasteiger partial charge in [0, 0.05) is 23.1 Å². The lowest BCUT2D eigenvalue weighted by atomic mass is 9.97. The molecule has 1 N–H and O–H groups in total. The molecule has 0 unspecified atom stereocenters. The zero-order valence-electron chi connectivity index (χ0n) is 11.7. The van der Waals surface area contributed by atoms with E-state index in [1.54, 1.807) is 12.1 Å². The molecule has 0 radical (unpaired) electrons. The molecule has 1 fully saturated rings. The molecule has 110 valence electrons. The van der Waals surface area contributed by atoms with E-state index in [9.17, 15) is 4.79 Å². The van der Waals surface area contributed by atoms with Gasteiger partial charge in [0.2, 0.25) is 5.91 Å². The molecule has 1 aromatic rings. The van der Waals surface area contributed by atoms with Gasteiger partial charge in [0.05, 0.1) is 6.42 Å². The Balaban J connectivity index is 1.97. The Morgan fingerprint density at radius 3 is 2.95 bits per heavy atom. The number of carbonyl (C=O) groups is 1. The van der Waals surface area contributed by atoms with Gasteiger partial charge in [-0.25, -0.2) is 0 Å². The third kappa shape index (κ3) is 4.11. The number of nitrogens with one attached hydrogen (secondary N) is 1. The molecular formula is C15H20Cl2N2O. The largest absolute Gasteiger partial charge is 0.342 e. The van der Waals surface area contributed by atoms with Gasteiger partial charge in [-0.1, -0.05) is 29.3 Å². The molecule has 1 atom stereocenters. The summed E-state index contributed by atoms with van der Waals surface area (Å²) in [6.45, 7) is 2.65. The monoisotopic (exact) mass is 314 g/mol. The molecule has 2 rings (SSSR count). The lowest BCUT2D eigenvalue weighted by Gasteiger charge is -2.33. The van der Waals surface area contributed by atoms with Crippen LogP contribution in [0.25, 0.3) is 0 Å². The molecule has 1 heterocycles. The van der Waals surface area contributed by atoms with Crippen molar-refractivity contribution in [2.24, 2.45) is 5.92 Å². The zero-order valence-corrected chi connectivity index (χ0v) is 13.2. The molecule has 1 aromatic carbocycles. The summed E-state index contributed by atoms with van der Waals surface area (Å²) in [7, 11) is 1.95. The topological polar surface area (TPSA) is 32.3 Å². The van der Waals surface area contributed by atoms with Crippen molar-refractivity contribution in [2.45, 2.75) is 19.3 Å². The first-order valence-electron chi connectivity index (χ1n) is 6.96. The summed E-state index contributed by atoms with van der Waals surface area (Å²) in [5, 5.41) is 4.35. The summed E-state index contributed by atoms with van der Waals surface area (Å²) in [5.74, 6) is 0.702. The third-order valence-electron chi connectivity index (χ3n) is 3.72. The van der Waals surface area contributed by atoms with Crippen molar-refractivity contribution in [3.63, 3.8) is 0 Å². The second-order valence-corrected chi connectivity index (χ2v) is 6.16. The van der Waals surface area contributed by atoms with Crippen LogP contribution in [-0.2, 0) is 11.2 Å². The van der Waals surface area contributed by atoms with Crippen LogP contribution in [0.4, 0.5) is 0 Å². The van der Waals surface area contributed by atoms with Crippen LogP contribution in [0, 0.1) is 5.92 Å². The highest BCUT2D eigenvalue weighted by Crippen LogP contribution is 2.23. The average molecular weight is 315 g/mol. The van der Waals surface area contributed by atoms with Crippen molar-refractivity contribution in [3.8, 4) is 0 Å². The number of nitrogens with zero attached hydrogens (tertiary/aromatic N) is 1. The summed E-state index contributed by atoms with van der Waals surface area (Å²) in [6, 6.07) is 5.29. The first-order chi connectivity index (χ1) is 9.60. The maximum atomic E-state index is 12.4. The predicted octanol–water partition coefficient (Wildman–Crippen LogP) is 2.99. The molecule has 0 aliphatic carbocycles. The summed E-state index contributed by atoms with van der Waals surface area (Å²) in [5.41, 5.74) is 0.844. The van der Waals surface area contributed by atoms with Crippen molar-refractivity contribution in [3.05, 3.63) is 33.8 Å². The van der Waals surface area contributed by atoms with Crippen LogP contribution >= 0.6 is 23.2 Å². The summed E-state index contributed by atoms with van der Waals surface area (Å²) < 4.78 is 0. The fourth-order valence-corrected chi connectivity index (χ4v) is 3.16. The standard InChI is InChI=1S/C15H20Cl2N2O/c1-18-9-11-3-2-6-19(10-11)15(20)7-12-4-5-13(16)8-14(12)17/h4-5,8,11,18H,2-3,6-7,9-10H2,1H3/t11-/m1/s1. The second-order valence-electron chi connectivity index (χ2n) is 5.32. The van der Waals surface area contributed by atoms with Crippen LogP contribution in [0.2, 0.25) is 10.0 Å². The van der Waals surface area contributed by atoms with Gasteiger partial charge in [-0.3, -0.25) is 4.79 Å². The number of halogens is 2. The molecule has 1 aliphatic rings. The second kappa shape index (κ2) is 7.30. The minimum atomic E-state index is 0.148. The lowest BCUT2D eigenvalue weighted by Crippen LogP contribution is -2.43. The van der Waals surface area contributed by atoms with Gasteiger partial charge in [0.1, 0.15) is 0 Å². The number of hydrogen-bond donors (Lipinski definition) is 1. The summed E-state index contributed by atoms with van der Waals surface area (Å²) in [6.07, 6.45) is 2.61. The third-order valence-corrected chi connectivity index (χ3v) is 4.31. The molecule has 1 aliphatic heterocycles. The van der Waals surface area contributed by atoms with E-state index in [-0.39, 0.29) is 5.91 Å². The predicted molar refractivity (Wildman–Crippen MR) is 83.4 cm³/mol. The van der Waals surface area contributed by atoms with Crippen molar-refractivity contribution < 1.29 is 4.79 Å². The number of likely N-dealkylation sites (tertiary alicyclic amines) is 1. The van der Waals surface area contributed by atoms with E-state index < -0.39 is 0 Å². The minimum absolute atomic E-state index is 0.148. The van der Waals surface area contributed by atoms with Gasteiger partial charge < -0.3 is 10.2 Å². The molecule has 0 spiro atoms. The van der Waals surface area contributed by atoms with E-state index >= 15 is 0 Å². The normalized spacial score (nSPS) is 19.1.